The molecule has 1 aromatic carbocycles. The second-order valence-electron chi connectivity index (χ2n) is 5.33. The van der Waals surface area contributed by atoms with Crippen LogP contribution >= 0.6 is 11.6 Å². The maximum atomic E-state index is 11.6. The van der Waals surface area contributed by atoms with E-state index in [-0.39, 0.29) is 17.8 Å². The maximum Gasteiger partial charge on any atom is 0.237 e. The Kier molecular flexibility index (Phi) is 5.91. The van der Waals surface area contributed by atoms with Gasteiger partial charge in [-0.15, -0.1) is 11.6 Å². The lowest BCUT2D eigenvalue weighted by molar-refractivity contribution is -0.130. The number of rotatable bonds is 5. The summed E-state index contributed by atoms with van der Waals surface area (Å²) in [5, 5.41) is 0. The molecule has 0 radical (unpaired) electrons. The van der Waals surface area contributed by atoms with Crippen LogP contribution in [0.1, 0.15) is 18.5 Å². The molecule has 1 fully saturated rings. The molecule has 1 atom stereocenters. The largest absolute Gasteiger partial charge is 0.497 e. The zero-order valence-corrected chi connectivity index (χ0v) is 14.1. The lowest BCUT2D eigenvalue weighted by Crippen LogP contribution is -2.49. The predicted molar refractivity (Wildman–Crippen MR) is 86.8 cm³/mol. The zero-order chi connectivity index (χ0) is 16.1. The van der Waals surface area contributed by atoms with Gasteiger partial charge < -0.3 is 14.4 Å². The van der Waals surface area contributed by atoms with Crippen molar-refractivity contribution in [3.63, 3.8) is 0 Å². The van der Waals surface area contributed by atoms with E-state index in [0.29, 0.717) is 13.1 Å². The average molecular weight is 327 g/mol. The Bertz CT molecular complexity index is 516. The first-order valence-corrected chi connectivity index (χ1v) is 7.93. The van der Waals surface area contributed by atoms with E-state index in [1.165, 1.54) is 0 Å². The maximum absolute atomic E-state index is 11.6. The number of nitrogens with zero attached hydrogens (tertiary/aromatic N) is 2. The van der Waals surface area contributed by atoms with Crippen LogP contribution in [0.25, 0.3) is 0 Å². The molecular formula is C16H23ClN2O3. The van der Waals surface area contributed by atoms with Gasteiger partial charge in [0.25, 0.3) is 0 Å². The molecule has 0 aromatic heterocycles. The van der Waals surface area contributed by atoms with E-state index in [1.54, 1.807) is 14.2 Å². The molecule has 0 spiro atoms. The first kappa shape index (κ1) is 16.9. The highest BCUT2D eigenvalue weighted by molar-refractivity contribution is 6.27. The van der Waals surface area contributed by atoms with Gasteiger partial charge in [0.1, 0.15) is 17.4 Å². The van der Waals surface area contributed by atoms with Crippen molar-refractivity contribution in [2.24, 2.45) is 0 Å². The van der Waals surface area contributed by atoms with Gasteiger partial charge in [-0.05, 0) is 13.0 Å². The van der Waals surface area contributed by atoms with Crippen molar-refractivity contribution in [1.29, 1.82) is 0 Å². The SMILES string of the molecule is COc1ccc([C@@H](C)N2CCN(C(=O)CCl)CC2)c(OC)c1. The lowest BCUT2D eigenvalue weighted by Gasteiger charge is -2.38. The molecule has 0 N–H and O–H groups in total. The summed E-state index contributed by atoms with van der Waals surface area (Å²) in [5.74, 6) is 1.68. The Hall–Kier alpha value is -1.46. The van der Waals surface area contributed by atoms with E-state index in [2.05, 4.69) is 11.8 Å². The fraction of sp³-hybridized carbons (Fsp3) is 0.562. The van der Waals surface area contributed by atoms with E-state index >= 15 is 0 Å². The number of ether oxygens (including phenoxy) is 2. The van der Waals surface area contributed by atoms with Gasteiger partial charge in [0, 0.05) is 43.9 Å². The van der Waals surface area contributed by atoms with Crippen LogP contribution in [0.2, 0.25) is 0 Å². The molecule has 1 heterocycles. The summed E-state index contributed by atoms with van der Waals surface area (Å²) < 4.78 is 10.7. The predicted octanol–water partition coefficient (Wildman–Crippen LogP) is 2.15. The van der Waals surface area contributed by atoms with Gasteiger partial charge in [-0.1, -0.05) is 6.07 Å². The molecule has 5 nitrogen and oxygen atoms in total. The van der Waals surface area contributed by atoms with E-state index in [9.17, 15) is 4.79 Å². The van der Waals surface area contributed by atoms with Crippen LogP contribution in [0, 0.1) is 0 Å². The zero-order valence-electron chi connectivity index (χ0n) is 13.3. The van der Waals surface area contributed by atoms with E-state index in [0.717, 1.165) is 30.2 Å². The van der Waals surface area contributed by atoms with Crippen LogP contribution in [0.15, 0.2) is 18.2 Å². The second kappa shape index (κ2) is 7.70. The first-order valence-electron chi connectivity index (χ1n) is 7.40. The Morgan fingerprint density at radius 3 is 2.45 bits per heavy atom. The minimum Gasteiger partial charge on any atom is -0.497 e. The quantitative estimate of drug-likeness (QED) is 0.778. The Morgan fingerprint density at radius 1 is 1.23 bits per heavy atom. The summed E-state index contributed by atoms with van der Waals surface area (Å²) in [5.41, 5.74) is 1.13. The van der Waals surface area contributed by atoms with Crippen molar-refractivity contribution < 1.29 is 14.3 Å². The molecule has 0 bridgehead atoms. The minimum absolute atomic E-state index is 0.0102. The van der Waals surface area contributed by atoms with E-state index < -0.39 is 0 Å². The Labute approximate surface area is 136 Å². The third-order valence-corrected chi connectivity index (χ3v) is 4.45. The number of hydrogen-bond donors (Lipinski definition) is 0. The van der Waals surface area contributed by atoms with Gasteiger partial charge in [0.05, 0.1) is 14.2 Å². The van der Waals surface area contributed by atoms with Gasteiger partial charge in [0.15, 0.2) is 0 Å². The highest BCUT2D eigenvalue weighted by Gasteiger charge is 2.25. The number of benzene rings is 1. The number of carbonyl (C=O) groups is 1. The monoisotopic (exact) mass is 326 g/mol. The van der Waals surface area contributed by atoms with Gasteiger partial charge in [-0.3, -0.25) is 9.69 Å². The lowest BCUT2D eigenvalue weighted by atomic mass is 10.0. The number of methoxy groups -OCH3 is 2. The highest BCUT2D eigenvalue weighted by atomic mass is 35.5. The molecule has 1 aromatic rings. The van der Waals surface area contributed by atoms with Crippen LogP contribution in [-0.4, -0.2) is 62.0 Å². The highest BCUT2D eigenvalue weighted by Crippen LogP contribution is 2.32. The topological polar surface area (TPSA) is 42.0 Å². The van der Waals surface area contributed by atoms with Crippen LogP contribution in [-0.2, 0) is 4.79 Å². The van der Waals surface area contributed by atoms with Crippen LogP contribution in [0.4, 0.5) is 0 Å². The molecule has 1 aliphatic heterocycles. The smallest absolute Gasteiger partial charge is 0.237 e. The van der Waals surface area contributed by atoms with Crippen LogP contribution in [0.5, 0.6) is 11.5 Å². The summed E-state index contributed by atoms with van der Waals surface area (Å²) in [4.78, 5) is 15.8. The van der Waals surface area contributed by atoms with E-state index in [4.69, 9.17) is 21.1 Å². The standard InChI is InChI=1S/C16H23ClN2O3/c1-12(14-5-4-13(21-2)10-15(14)22-3)18-6-8-19(9-7-18)16(20)11-17/h4-5,10,12H,6-9,11H2,1-3H3/t12-/m1/s1. The van der Waals surface area contributed by atoms with E-state index in [1.807, 2.05) is 23.1 Å². The molecule has 2 rings (SSSR count). The summed E-state index contributed by atoms with van der Waals surface area (Å²) in [6.07, 6.45) is 0. The Balaban J connectivity index is 2.06. The van der Waals surface area contributed by atoms with Crippen molar-refractivity contribution >= 4 is 17.5 Å². The Morgan fingerprint density at radius 2 is 1.91 bits per heavy atom. The molecular weight excluding hydrogens is 304 g/mol. The van der Waals surface area contributed by atoms with Gasteiger partial charge >= 0.3 is 0 Å². The molecule has 122 valence electrons. The average Bonchev–Trinajstić information content (AvgIpc) is 2.59. The van der Waals surface area contributed by atoms with Crippen LogP contribution in [0.3, 0.4) is 0 Å². The normalized spacial score (nSPS) is 17.2. The fourth-order valence-corrected chi connectivity index (χ4v) is 2.97. The van der Waals surface area contributed by atoms with Crippen molar-refractivity contribution in [2.75, 3.05) is 46.3 Å². The summed E-state index contributed by atoms with van der Waals surface area (Å²) >= 11 is 5.62. The minimum atomic E-state index is 0.0102. The van der Waals surface area contributed by atoms with Gasteiger partial charge in [-0.2, -0.15) is 0 Å². The molecule has 1 aliphatic rings. The molecule has 1 amide bonds. The third-order valence-electron chi connectivity index (χ3n) is 4.22. The van der Waals surface area contributed by atoms with Crippen molar-refractivity contribution in [1.82, 2.24) is 9.80 Å². The molecule has 22 heavy (non-hydrogen) atoms. The number of alkyl halides is 1. The fourth-order valence-electron chi connectivity index (χ4n) is 2.80. The molecule has 0 saturated carbocycles. The summed E-state index contributed by atoms with van der Waals surface area (Å²) in [6.45, 7) is 5.25. The van der Waals surface area contributed by atoms with Crippen LogP contribution < -0.4 is 9.47 Å². The molecule has 0 aliphatic carbocycles. The summed E-state index contributed by atoms with van der Waals surface area (Å²) in [7, 11) is 3.31. The molecule has 0 unspecified atom stereocenters. The first-order chi connectivity index (χ1) is 10.6. The van der Waals surface area contributed by atoms with Gasteiger partial charge in [0.2, 0.25) is 5.91 Å². The third kappa shape index (κ3) is 3.65. The summed E-state index contributed by atoms with van der Waals surface area (Å²) in [6, 6.07) is 6.11. The second-order valence-corrected chi connectivity index (χ2v) is 5.60. The number of hydrogen-bond acceptors (Lipinski definition) is 4. The molecule has 1 saturated heterocycles. The molecule has 6 heteroatoms. The van der Waals surface area contributed by atoms with Crippen molar-refractivity contribution in [3.05, 3.63) is 23.8 Å². The number of piperazine rings is 1. The van der Waals surface area contributed by atoms with Crippen molar-refractivity contribution in [2.45, 2.75) is 13.0 Å². The number of halogens is 1. The number of carbonyl (C=O) groups excluding carboxylic acids is 1. The van der Waals surface area contributed by atoms with Crippen molar-refractivity contribution in [3.8, 4) is 11.5 Å². The van der Waals surface area contributed by atoms with Gasteiger partial charge in [-0.25, -0.2) is 0 Å². The number of amides is 1.